The molecule has 0 amide bonds. The molecule has 0 bridgehead atoms. The van der Waals surface area contributed by atoms with Crippen LogP contribution in [0.2, 0.25) is 0 Å². The van der Waals surface area contributed by atoms with Crippen LogP contribution in [-0.4, -0.2) is 13.7 Å². The van der Waals surface area contributed by atoms with E-state index < -0.39 is 0 Å². The summed E-state index contributed by atoms with van der Waals surface area (Å²) in [5, 5.41) is 3.15. The molecule has 0 aliphatic heterocycles. The summed E-state index contributed by atoms with van der Waals surface area (Å²) in [7, 11) is 1.96. The first-order valence-corrected chi connectivity index (χ1v) is 7.21. The second-order valence-electron chi connectivity index (χ2n) is 4.23. The minimum absolute atomic E-state index is 0.647. The smallest absolute Gasteiger partial charge is 0.0813 e. The van der Waals surface area contributed by atoms with Crippen molar-refractivity contribution in [3.63, 3.8) is 0 Å². The summed E-state index contributed by atoms with van der Waals surface area (Å²) in [6.07, 6.45) is 4.14. The van der Waals surface area contributed by atoms with Crippen molar-refractivity contribution in [1.29, 1.82) is 0 Å². The maximum absolute atomic E-state index is 5.64. The van der Waals surface area contributed by atoms with Crippen molar-refractivity contribution in [1.82, 2.24) is 5.32 Å². The highest BCUT2D eigenvalue weighted by Gasteiger charge is 1.98. The number of rotatable bonds is 7. The Bertz CT molecular complexity index is 504. The van der Waals surface area contributed by atoms with Crippen LogP contribution in [0.3, 0.4) is 0 Å². The van der Waals surface area contributed by atoms with Gasteiger partial charge in [0.2, 0.25) is 0 Å². The lowest BCUT2D eigenvalue weighted by molar-refractivity contribution is 0.151. The van der Waals surface area contributed by atoms with E-state index in [9.17, 15) is 0 Å². The Labute approximate surface area is 118 Å². The average Bonchev–Trinajstić information content (AvgIpc) is 2.88. The molecule has 0 aliphatic carbocycles. The summed E-state index contributed by atoms with van der Waals surface area (Å²) in [6.45, 7) is 2.26. The summed E-state index contributed by atoms with van der Waals surface area (Å²) < 4.78 is 5.64. The molecular weight excluding hydrogens is 254 g/mol. The number of hydrogen-bond acceptors (Lipinski definition) is 3. The number of hydrogen-bond donors (Lipinski definition) is 1. The molecule has 0 saturated carbocycles. The van der Waals surface area contributed by atoms with Gasteiger partial charge < -0.3 is 10.1 Å². The zero-order chi connectivity index (χ0) is 13.3. The van der Waals surface area contributed by atoms with Crippen molar-refractivity contribution < 1.29 is 4.74 Å². The predicted octanol–water partition coefficient (Wildman–Crippen LogP) is 3.70. The average molecular weight is 273 g/mol. The monoisotopic (exact) mass is 273 g/mol. The van der Waals surface area contributed by atoms with Crippen LogP contribution in [0.5, 0.6) is 0 Å². The topological polar surface area (TPSA) is 21.3 Å². The third kappa shape index (κ3) is 4.99. The van der Waals surface area contributed by atoms with Gasteiger partial charge in [0.05, 0.1) is 13.2 Å². The highest BCUT2D eigenvalue weighted by molar-refractivity contribution is 7.11. The largest absolute Gasteiger partial charge is 0.372 e. The van der Waals surface area contributed by atoms with Crippen LogP contribution in [0, 0.1) is 0 Å². The van der Waals surface area contributed by atoms with E-state index in [1.165, 1.54) is 15.3 Å². The fraction of sp³-hybridized carbons (Fsp3) is 0.250. The second-order valence-corrected chi connectivity index (χ2v) is 5.48. The van der Waals surface area contributed by atoms with Crippen LogP contribution in [0.4, 0.5) is 0 Å². The van der Waals surface area contributed by atoms with Gasteiger partial charge in [-0.1, -0.05) is 42.5 Å². The SMILES string of the molecule is CNCc1ccc(COC/C=C/c2ccccc2)s1. The molecule has 2 nitrogen and oxygen atoms in total. The van der Waals surface area contributed by atoms with Crippen molar-refractivity contribution >= 4 is 17.4 Å². The molecule has 3 heteroatoms. The first kappa shape index (κ1) is 14.0. The van der Waals surface area contributed by atoms with Gasteiger partial charge in [-0.2, -0.15) is 0 Å². The Hall–Kier alpha value is -1.42. The molecule has 2 rings (SSSR count). The van der Waals surface area contributed by atoms with E-state index in [1.807, 2.05) is 25.2 Å². The van der Waals surface area contributed by atoms with E-state index in [4.69, 9.17) is 4.74 Å². The van der Waals surface area contributed by atoms with Gasteiger partial charge in [0.1, 0.15) is 0 Å². The Balaban J connectivity index is 1.70. The van der Waals surface area contributed by atoms with E-state index in [0.717, 1.165) is 6.54 Å². The zero-order valence-electron chi connectivity index (χ0n) is 11.1. The molecule has 0 spiro atoms. The van der Waals surface area contributed by atoms with Gasteiger partial charge in [0.15, 0.2) is 0 Å². The first-order chi connectivity index (χ1) is 9.38. The minimum Gasteiger partial charge on any atom is -0.372 e. The fourth-order valence-corrected chi connectivity index (χ4v) is 2.71. The van der Waals surface area contributed by atoms with Crippen LogP contribution in [0.25, 0.3) is 6.08 Å². The van der Waals surface area contributed by atoms with Crippen molar-refractivity contribution in [3.8, 4) is 0 Å². The summed E-state index contributed by atoms with van der Waals surface area (Å²) in [5.74, 6) is 0. The van der Waals surface area contributed by atoms with E-state index in [2.05, 4.69) is 41.7 Å². The predicted molar refractivity (Wildman–Crippen MR) is 82.2 cm³/mol. The van der Waals surface area contributed by atoms with Crippen molar-refractivity contribution in [2.45, 2.75) is 13.2 Å². The van der Waals surface area contributed by atoms with Crippen molar-refractivity contribution in [2.75, 3.05) is 13.7 Å². The van der Waals surface area contributed by atoms with Gasteiger partial charge in [-0.05, 0) is 24.7 Å². The normalized spacial score (nSPS) is 11.2. The summed E-state index contributed by atoms with van der Waals surface area (Å²) >= 11 is 1.80. The third-order valence-electron chi connectivity index (χ3n) is 2.64. The number of ether oxygens (including phenoxy) is 1. The van der Waals surface area contributed by atoms with Gasteiger partial charge in [0.25, 0.3) is 0 Å². The lowest BCUT2D eigenvalue weighted by atomic mass is 10.2. The first-order valence-electron chi connectivity index (χ1n) is 6.40. The maximum atomic E-state index is 5.64. The summed E-state index contributed by atoms with van der Waals surface area (Å²) in [5.41, 5.74) is 1.21. The Morgan fingerprint density at radius 2 is 1.89 bits per heavy atom. The molecule has 1 heterocycles. The van der Waals surface area contributed by atoms with E-state index in [-0.39, 0.29) is 0 Å². The maximum Gasteiger partial charge on any atom is 0.0813 e. The molecule has 1 aromatic heterocycles. The highest BCUT2D eigenvalue weighted by atomic mass is 32.1. The number of nitrogens with one attached hydrogen (secondary N) is 1. The van der Waals surface area contributed by atoms with Crippen molar-refractivity contribution in [2.24, 2.45) is 0 Å². The molecule has 0 fully saturated rings. The van der Waals surface area contributed by atoms with E-state index in [1.54, 1.807) is 11.3 Å². The van der Waals surface area contributed by atoms with Crippen LogP contribution >= 0.6 is 11.3 Å². The quantitative estimate of drug-likeness (QED) is 0.777. The van der Waals surface area contributed by atoms with E-state index in [0.29, 0.717) is 13.2 Å². The fourth-order valence-electron chi connectivity index (χ4n) is 1.75. The Morgan fingerprint density at radius 3 is 2.68 bits per heavy atom. The second kappa shape index (κ2) is 7.89. The summed E-state index contributed by atoms with van der Waals surface area (Å²) in [4.78, 5) is 2.62. The number of thiophene rings is 1. The lowest BCUT2D eigenvalue weighted by Gasteiger charge is -1.98. The molecular formula is C16H19NOS. The molecule has 100 valence electrons. The van der Waals surface area contributed by atoms with Crippen LogP contribution in [-0.2, 0) is 17.9 Å². The van der Waals surface area contributed by atoms with E-state index >= 15 is 0 Å². The van der Waals surface area contributed by atoms with Gasteiger partial charge in [0, 0.05) is 16.3 Å². The molecule has 0 radical (unpaired) electrons. The van der Waals surface area contributed by atoms with Crippen LogP contribution in [0.15, 0.2) is 48.5 Å². The van der Waals surface area contributed by atoms with Gasteiger partial charge in [-0.25, -0.2) is 0 Å². The highest BCUT2D eigenvalue weighted by Crippen LogP contribution is 2.17. The molecule has 1 aromatic carbocycles. The van der Waals surface area contributed by atoms with Gasteiger partial charge in [-0.3, -0.25) is 0 Å². The molecule has 19 heavy (non-hydrogen) atoms. The Morgan fingerprint density at radius 1 is 1.11 bits per heavy atom. The minimum atomic E-state index is 0.647. The lowest BCUT2D eigenvalue weighted by Crippen LogP contribution is -2.02. The molecule has 0 unspecified atom stereocenters. The third-order valence-corrected chi connectivity index (χ3v) is 3.70. The standard InChI is InChI=1S/C16H19NOS/c1-17-12-15-9-10-16(19-15)13-18-11-5-8-14-6-3-2-4-7-14/h2-10,17H,11-13H2,1H3/b8-5+. The van der Waals surface area contributed by atoms with Crippen molar-refractivity contribution in [3.05, 3.63) is 63.9 Å². The molecule has 1 N–H and O–H groups in total. The summed E-state index contributed by atoms with van der Waals surface area (Å²) in [6, 6.07) is 14.6. The molecule has 0 saturated heterocycles. The number of benzene rings is 1. The van der Waals surface area contributed by atoms with Crippen LogP contribution in [0.1, 0.15) is 15.3 Å². The van der Waals surface area contributed by atoms with Gasteiger partial charge in [-0.15, -0.1) is 11.3 Å². The molecule has 2 aromatic rings. The molecule has 0 aliphatic rings. The van der Waals surface area contributed by atoms with Crippen LogP contribution < -0.4 is 5.32 Å². The molecule has 0 atom stereocenters. The van der Waals surface area contributed by atoms with Gasteiger partial charge >= 0.3 is 0 Å². The zero-order valence-corrected chi connectivity index (χ0v) is 12.0. The Kier molecular flexibility index (Phi) is 5.82.